The fourth-order valence-corrected chi connectivity index (χ4v) is 1.96. The number of carbonyl (C=O) groups is 1. The second-order valence-corrected chi connectivity index (χ2v) is 4.06. The molecule has 0 radical (unpaired) electrons. The maximum absolute atomic E-state index is 11.3. The SMILES string of the molecule is COc1ccc2c(c1)C(NC(=O)CCl)CCO2. The number of hydrogen-bond acceptors (Lipinski definition) is 3. The van der Waals surface area contributed by atoms with Crippen LogP contribution < -0.4 is 14.8 Å². The number of ether oxygens (including phenoxy) is 2. The maximum atomic E-state index is 11.3. The molecule has 1 heterocycles. The summed E-state index contributed by atoms with van der Waals surface area (Å²) in [5.74, 6) is 1.33. The fraction of sp³-hybridized carbons (Fsp3) is 0.417. The number of alkyl halides is 1. The molecule has 0 saturated heterocycles. The molecule has 1 atom stereocenters. The highest BCUT2D eigenvalue weighted by Gasteiger charge is 2.23. The van der Waals surface area contributed by atoms with Crippen LogP contribution in [0.15, 0.2) is 18.2 Å². The van der Waals surface area contributed by atoms with Crippen molar-refractivity contribution in [3.8, 4) is 11.5 Å². The van der Waals surface area contributed by atoms with Crippen molar-refractivity contribution in [2.24, 2.45) is 0 Å². The minimum absolute atomic E-state index is 0.0311. The van der Waals surface area contributed by atoms with E-state index in [-0.39, 0.29) is 17.8 Å². The lowest BCUT2D eigenvalue weighted by atomic mass is 10.0. The monoisotopic (exact) mass is 255 g/mol. The Balaban J connectivity index is 2.25. The van der Waals surface area contributed by atoms with Gasteiger partial charge in [-0.15, -0.1) is 11.6 Å². The molecule has 1 amide bonds. The van der Waals surface area contributed by atoms with Crippen molar-refractivity contribution in [2.45, 2.75) is 12.5 Å². The molecule has 1 aliphatic heterocycles. The summed E-state index contributed by atoms with van der Waals surface area (Å²) in [5, 5.41) is 2.87. The molecule has 2 rings (SSSR count). The second-order valence-electron chi connectivity index (χ2n) is 3.79. The number of methoxy groups -OCH3 is 1. The molecule has 0 bridgehead atoms. The highest BCUT2D eigenvalue weighted by Crippen LogP contribution is 2.34. The molecule has 17 heavy (non-hydrogen) atoms. The van der Waals surface area contributed by atoms with Gasteiger partial charge in [-0.25, -0.2) is 0 Å². The van der Waals surface area contributed by atoms with Gasteiger partial charge in [0.15, 0.2) is 0 Å². The Bertz CT molecular complexity index is 422. The van der Waals surface area contributed by atoms with E-state index < -0.39 is 0 Å². The summed E-state index contributed by atoms with van der Waals surface area (Å²) in [6.07, 6.45) is 0.739. The molecule has 0 fully saturated rings. The summed E-state index contributed by atoms with van der Waals surface area (Å²) < 4.78 is 10.7. The largest absolute Gasteiger partial charge is 0.497 e. The molecule has 0 saturated carbocycles. The van der Waals surface area contributed by atoms with Crippen molar-refractivity contribution in [1.29, 1.82) is 0 Å². The van der Waals surface area contributed by atoms with Gasteiger partial charge in [0.2, 0.25) is 5.91 Å². The first-order chi connectivity index (χ1) is 8.24. The van der Waals surface area contributed by atoms with Gasteiger partial charge in [0.05, 0.1) is 19.8 Å². The van der Waals surface area contributed by atoms with Gasteiger partial charge < -0.3 is 14.8 Å². The van der Waals surface area contributed by atoms with Crippen LogP contribution in [0.3, 0.4) is 0 Å². The first-order valence-electron chi connectivity index (χ1n) is 5.40. The first-order valence-corrected chi connectivity index (χ1v) is 5.94. The van der Waals surface area contributed by atoms with Crippen molar-refractivity contribution >= 4 is 17.5 Å². The van der Waals surface area contributed by atoms with Crippen molar-refractivity contribution in [1.82, 2.24) is 5.32 Å². The topological polar surface area (TPSA) is 47.6 Å². The van der Waals surface area contributed by atoms with E-state index in [4.69, 9.17) is 21.1 Å². The number of benzene rings is 1. The lowest BCUT2D eigenvalue weighted by Crippen LogP contribution is -2.32. The summed E-state index contributed by atoms with van der Waals surface area (Å²) in [7, 11) is 1.61. The van der Waals surface area contributed by atoms with Crippen molar-refractivity contribution in [2.75, 3.05) is 19.6 Å². The van der Waals surface area contributed by atoms with Crippen LogP contribution in [-0.2, 0) is 4.79 Å². The number of fused-ring (bicyclic) bond motifs is 1. The molecule has 1 N–H and O–H groups in total. The number of carbonyl (C=O) groups excluding carboxylic acids is 1. The molecular formula is C12H14ClNO3. The molecule has 1 aliphatic rings. The van der Waals surface area contributed by atoms with E-state index in [1.165, 1.54) is 0 Å². The Morgan fingerprint density at radius 1 is 1.65 bits per heavy atom. The van der Waals surface area contributed by atoms with Gasteiger partial charge in [0.25, 0.3) is 0 Å². The van der Waals surface area contributed by atoms with Crippen molar-refractivity contribution in [3.63, 3.8) is 0 Å². The molecule has 0 aliphatic carbocycles. The number of amides is 1. The standard InChI is InChI=1S/C12H14ClNO3/c1-16-8-2-3-11-9(6-8)10(4-5-17-11)14-12(15)7-13/h2-3,6,10H,4-5,7H2,1H3,(H,14,15). The van der Waals surface area contributed by atoms with Crippen LogP contribution in [-0.4, -0.2) is 25.5 Å². The normalized spacial score (nSPS) is 17.9. The first kappa shape index (κ1) is 12.0. The molecule has 92 valence electrons. The van der Waals surface area contributed by atoms with E-state index in [1.807, 2.05) is 18.2 Å². The summed E-state index contributed by atoms with van der Waals surface area (Å²) in [5.41, 5.74) is 0.939. The van der Waals surface area contributed by atoms with E-state index >= 15 is 0 Å². The summed E-state index contributed by atoms with van der Waals surface area (Å²) >= 11 is 5.49. The Labute approximate surface area is 105 Å². The maximum Gasteiger partial charge on any atom is 0.235 e. The van der Waals surface area contributed by atoms with E-state index in [1.54, 1.807) is 7.11 Å². The molecule has 0 spiro atoms. The average molecular weight is 256 g/mol. The molecule has 1 aromatic carbocycles. The van der Waals surface area contributed by atoms with E-state index in [2.05, 4.69) is 5.32 Å². The number of hydrogen-bond donors (Lipinski definition) is 1. The highest BCUT2D eigenvalue weighted by atomic mass is 35.5. The molecular weight excluding hydrogens is 242 g/mol. The summed E-state index contributed by atoms with van der Waals surface area (Å²) in [4.78, 5) is 11.3. The van der Waals surface area contributed by atoms with Gasteiger partial charge in [0, 0.05) is 12.0 Å². The third-order valence-electron chi connectivity index (χ3n) is 2.71. The Hall–Kier alpha value is -1.42. The lowest BCUT2D eigenvalue weighted by molar-refractivity contribution is -0.119. The Morgan fingerprint density at radius 3 is 3.18 bits per heavy atom. The van der Waals surface area contributed by atoms with E-state index in [0.29, 0.717) is 6.61 Å². The van der Waals surface area contributed by atoms with Gasteiger partial charge in [0.1, 0.15) is 17.4 Å². The van der Waals surface area contributed by atoms with Crippen LogP contribution in [0.1, 0.15) is 18.0 Å². The Kier molecular flexibility index (Phi) is 3.74. The van der Waals surface area contributed by atoms with Crippen molar-refractivity contribution in [3.05, 3.63) is 23.8 Å². The van der Waals surface area contributed by atoms with E-state index in [9.17, 15) is 4.79 Å². The van der Waals surface area contributed by atoms with Gasteiger partial charge >= 0.3 is 0 Å². The third kappa shape index (κ3) is 2.64. The minimum Gasteiger partial charge on any atom is -0.497 e. The molecule has 0 aromatic heterocycles. The average Bonchev–Trinajstić information content (AvgIpc) is 2.38. The third-order valence-corrected chi connectivity index (χ3v) is 2.96. The molecule has 1 aromatic rings. The minimum atomic E-state index is -0.174. The van der Waals surface area contributed by atoms with Gasteiger partial charge in [-0.1, -0.05) is 0 Å². The summed E-state index contributed by atoms with van der Waals surface area (Å²) in [6.45, 7) is 0.590. The van der Waals surface area contributed by atoms with Crippen LogP contribution in [0.4, 0.5) is 0 Å². The van der Waals surface area contributed by atoms with Crippen LogP contribution in [0, 0.1) is 0 Å². The van der Waals surface area contributed by atoms with Crippen LogP contribution in [0.2, 0.25) is 0 Å². The number of halogens is 1. The molecule has 5 heteroatoms. The number of nitrogens with one attached hydrogen (secondary N) is 1. The van der Waals surface area contributed by atoms with Gasteiger partial charge in [-0.05, 0) is 18.2 Å². The predicted molar refractivity (Wildman–Crippen MR) is 64.7 cm³/mol. The van der Waals surface area contributed by atoms with Crippen LogP contribution in [0.25, 0.3) is 0 Å². The zero-order chi connectivity index (χ0) is 12.3. The molecule has 1 unspecified atom stereocenters. The predicted octanol–water partition coefficient (Wildman–Crippen LogP) is 1.87. The smallest absolute Gasteiger partial charge is 0.235 e. The van der Waals surface area contributed by atoms with Crippen LogP contribution >= 0.6 is 11.6 Å². The molecule has 4 nitrogen and oxygen atoms in total. The quantitative estimate of drug-likeness (QED) is 0.839. The summed E-state index contributed by atoms with van der Waals surface area (Å²) in [6, 6.07) is 5.52. The fourth-order valence-electron chi connectivity index (χ4n) is 1.88. The van der Waals surface area contributed by atoms with E-state index in [0.717, 1.165) is 23.5 Å². The van der Waals surface area contributed by atoms with Gasteiger partial charge in [-0.3, -0.25) is 4.79 Å². The zero-order valence-electron chi connectivity index (χ0n) is 9.53. The zero-order valence-corrected chi connectivity index (χ0v) is 10.3. The number of rotatable bonds is 3. The van der Waals surface area contributed by atoms with Crippen LogP contribution in [0.5, 0.6) is 11.5 Å². The van der Waals surface area contributed by atoms with Crippen molar-refractivity contribution < 1.29 is 14.3 Å². The Morgan fingerprint density at radius 2 is 2.47 bits per heavy atom. The second kappa shape index (κ2) is 5.27. The van der Waals surface area contributed by atoms with Gasteiger partial charge in [-0.2, -0.15) is 0 Å². The highest BCUT2D eigenvalue weighted by molar-refractivity contribution is 6.27. The lowest BCUT2D eigenvalue weighted by Gasteiger charge is -2.26.